The Morgan fingerprint density at radius 3 is 2.10 bits per heavy atom. The SMILES string of the molecule is CC(C)(C)OC(=O)N1CCN(C(=O)OCc2ccccc2)CC(OS(C)(=O)=O)C1. The van der Waals surface area contributed by atoms with Crippen LogP contribution in [0.4, 0.5) is 9.59 Å². The second-order valence-corrected chi connectivity index (χ2v) is 9.44. The van der Waals surface area contributed by atoms with Crippen molar-refractivity contribution < 1.29 is 31.7 Å². The summed E-state index contributed by atoms with van der Waals surface area (Å²) >= 11 is 0. The maximum Gasteiger partial charge on any atom is 0.410 e. The van der Waals surface area contributed by atoms with E-state index < -0.39 is 34.0 Å². The Labute approximate surface area is 171 Å². The smallest absolute Gasteiger partial charge is 0.410 e. The van der Waals surface area contributed by atoms with Gasteiger partial charge in [0, 0.05) is 13.1 Å². The van der Waals surface area contributed by atoms with Gasteiger partial charge in [-0.25, -0.2) is 9.59 Å². The molecule has 10 heteroatoms. The number of benzene rings is 1. The lowest BCUT2D eigenvalue weighted by atomic mass is 10.2. The van der Waals surface area contributed by atoms with Crippen LogP contribution in [-0.4, -0.2) is 74.5 Å². The maximum atomic E-state index is 12.5. The summed E-state index contributed by atoms with van der Waals surface area (Å²) in [6, 6.07) is 9.19. The zero-order valence-electron chi connectivity index (χ0n) is 17.2. The molecule has 1 aromatic carbocycles. The van der Waals surface area contributed by atoms with Crippen molar-refractivity contribution in [3.05, 3.63) is 35.9 Å². The van der Waals surface area contributed by atoms with Crippen LogP contribution in [0.5, 0.6) is 0 Å². The van der Waals surface area contributed by atoms with E-state index in [1.165, 1.54) is 9.80 Å². The van der Waals surface area contributed by atoms with E-state index in [9.17, 15) is 18.0 Å². The highest BCUT2D eigenvalue weighted by Crippen LogP contribution is 2.15. The molecular formula is C19H28N2O7S. The van der Waals surface area contributed by atoms with Crippen LogP contribution in [0, 0.1) is 0 Å². The molecule has 1 fully saturated rings. The van der Waals surface area contributed by atoms with Gasteiger partial charge in [-0.1, -0.05) is 30.3 Å². The quantitative estimate of drug-likeness (QED) is 0.678. The van der Waals surface area contributed by atoms with Crippen molar-refractivity contribution >= 4 is 22.3 Å². The lowest BCUT2D eigenvalue weighted by molar-refractivity contribution is 0.0206. The minimum absolute atomic E-state index is 0.0234. The molecule has 0 radical (unpaired) electrons. The monoisotopic (exact) mass is 428 g/mol. The fraction of sp³-hybridized carbons (Fsp3) is 0.579. The standard InChI is InChI=1S/C19H28N2O7S/c1-19(2,3)27-18(23)21-11-10-20(12-16(13-21)28-29(4,24)25)17(22)26-14-15-8-6-5-7-9-15/h5-9,16H,10-14H2,1-4H3. The van der Waals surface area contributed by atoms with Gasteiger partial charge >= 0.3 is 12.2 Å². The summed E-state index contributed by atoms with van der Waals surface area (Å²) in [7, 11) is -3.79. The predicted molar refractivity (Wildman–Crippen MR) is 106 cm³/mol. The molecule has 1 aliphatic rings. The lowest BCUT2D eigenvalue weighted by Crippen LogP contribution is -2.42. The van der Waals surface area contributed by atoms with E-state index in [-0.39, 0.29) is 32.8 Å². The molecule has 0 aliphatic carbocycles. The van der Waals surface area contributed by atoms with Gasteiger partial charge in [-0.3, -0.25) is 4.18 Å². The average molecular weight is 429 g/mol. The fourth-order valence-corrected chi connectivity index (χ4v) is 3.37. The molecule has 0 bridgehead atoms. The van der Waals surface area contributed by atoms with Crippen LogP contribution in [0.3, 0.4) is 0 Å². The lowest BCUT2D eigenvalue weighted by Gasteiger charge is -2.27. The first-order valence-electron chi connectivity index (χ1n) is 9.25. The molecule has 2 amide bonds. The zero-order chi connectivity index (χ0) is 21.7. The summed E-state index contributed by atoms with van der Waals surface area (Å²) in [5.41, 5.74) is 0.125. The molecule has 0 N–H and O–H groups in total. The Morgan fingerprint density at radius 2 is 1.59 bits per heavy atom. The zero-order valence-corrected chi connectivity index (χ0v) is 18.0. The van der Waals surface area contributed by atoms with Crippen LogP contribution in [0.2, 0.25) is 0 Å². The van der Waals surface area contributed by atoms with Crippen LogP contribution in [0.15, 0.2) is 30.3 Å². The molecule has 0 aromatic heterocycles. The van der Waals surface area contributed by atoms with Crippen molar-refractivity contribution in [1.82, 2.24) is 9.80 Å². The first kappa shape index (κ1) is 23.0. The van der Waals surface area contributed by atoms with Crippen molar-refractivity contribution in [3.8, 4) is 0 Å². The Bertz CT molecular complexity index is 806. The summed E-state index contributed by atoms with van der Waals surface area (Å²) < 4.78 is 39.0. The topological polar surface area (TPSA) is 102 Å². The maximum absolute atomic E-state index is 12.5. The third kappa shape index (κ3) is 8.28. The molecule has 0 spiro atoms. The Morgan fingerprint density at radius 1 is 1.03 bits per heavy atom. The van der Waals surface area contributed by atoms with Gasteiger partial charge in [0.05, 0.1) is 19.3 Å². The van der Waals surface area contributed by atoms with Crippen LogP contribution in [0.1, 0.15) is 26.3 Å². The summed E-state index contributed by atoms with van der Waals surface area (Å²) in [4.78, 5) is 27.6. The second-order valence-electron chi connectivity index (χ2n) is 7.83. The molecule has 162 valence electrons. The number of hydrogen-bond donors (Lipinski definition) is 0. The number of amides is 2. The van der Waals surface area contributed by atoms with Crippen LogP contribution in [-0.2, 0) is 30.4 Å². The predicted octanol–water partition coefficient (Wildman–Crippen LogP) is 2.22. The molecule has 9 nitrogen and oxygen atoms in total. The number of carbonyl (C=O) groups excluding carboxylic acids is 2. The third-order valence-electron chi connectivity index (χ3n) is 3.91. The molecule has 1 aliphatic heterocycles. The second kappa shape index (κ2) is 9.45. The molecular weight excluding hydrogens is 400 g/mol. The van der Waals surface area contributed by atoms with Gasteiger partial charge in [-0.15, -0.1) is 0 Å². The summed E-state index contributed by atoms with van der Waals surface area (Å²) in [5, 5.41) is 0. The minimum atomic E-state index is -3.79. The first-order chi connectivity index (χ1) is 13.4. The van der Waals surface area contributed by atoms with E-state index in [1.54, 1.807) is 20.8 Å². The van der Waals surface area contributed by atoms with Gasteiger partial charge in [0.25, 0.3) is 10.1 Å². The van der Waals surface area contributed by atoms with Crippen LogP contribution >= 0.6 is 0 Å². The molecule has 2 rings (SSSR count). The van der Waals surface area contributed by atoms with E-state index in [4.69, 9.17) is 13.7 Å². The van der Waals surface area contributed by atoms with Gasteiger partial charge in [-0.2, -0.15) is 8.42 Å². The number of carbonyl (C=O) groups is 2. The van der Waals surface area contributed by atoms with Gasteiger partial charge in [-0.05, 0) is 26.3 Å². The summed E-state index contributed by atoms with van der Waals surface area (Å²) in [6.07, 6.45) is -1.21. The molecule has 1 unspecified atom stereocenters. The van der Waals surface area contributed by atoms with Crippen molar-refractivity contribution in [1.29, 1.82) is 0 Å². The van der Waals surface area contributed by atoms with Crippen molar-refractivity contribution in [2.24, 2.45) is 0 Å². The number of nitrogens with zero attached hydrogens (tertiary/aromatic N) is 2. The highest BCUT2D eigenvalue weighted by Gasteiger charge is 2.33. The highest BCUT2D eigenvalue weighted by molar-refractivity contribution is 7.86. The van der Waals surface area contributed by atoms with E-state index in [2.05, 4.69) is 0 Å². The van der Waals surface area contributed by atoms with Gasteiger partial charge in [0.1, 0.15) is 18.3 Å². The summed E-state index contributed by atoms with van der Waals surface area (Å²) in [6.45, 7) is 5.57. The third-order valence-corrected chi connectivity index (χ3v) is 4.54. The Hall–Kier alpha value is -2.33. The van der Waals surface area contributed by atoms with E-state index in [1.807, 2.05) is 30.3 Å². The van der Waals surface area contributed by atoms with Crippen molar-refractivity contribution in [2.75, 3.05) is 32.4 Å². The molecule has 1 heterocycles. The van der Waals surface area contributed by atoms with Gasteiger partial charge < -0.3 is 19.3 Å². The van der Waals surface area contributed by atoms with E-state index >= 15 is 0 Å². The van der Waals surface area contributed by atoms with Crippen LogP contribution in [0.25, 0.3) is 0 Å². The molecule has 29 heavy (non-hydrogen) atoms. The normalized spacial score (nSPS) is 18.1. The highest BCUT2D eigenvalue weighted by atomic mass is 32.2. The number of ether oxygens (including phenoxy) is 2. The van der Waals surface area contributed by atoms with Crippen LogP contribution < -0.4 is 0 Å². The first-order valence-corrected chi connectivity index (χ1v) is 11.1. The largest absolute Gasteiger partial charge is 0.445 e. The van der Waals surface area contributed by atoms with Crippen molar-refractivity contribution in [3.63, 3.8) is 0 Å². The summed E-state index contributed by atoms with van der Waals surface area (Å²) in [5.74, 6) is 0. The number of hydrogen-bond acceptors (Lipinski definition) is 7. The van der Waals surface area contributed by atoms with Crippen molar-refractivity contribution in [2.45, 2.75) is 39.1 Å². The molecule has 1 aromatic rings. The fourth-order valence-electron chi connectivity index (χ4n) is 2.75. The van der Waals surface area contributed by atoms with Gasteiger partial charge in [0.15, 0.2) is 0 Å². The average Bonchev–Trinajstić information content (AvgIpc) is 2.80. The molecule has 1 atom stereocenters. The number of rotatable bonds is 4. The Balaban J connectivity index is 2.07. The molecule has 1 saturated heterocycles. The minimum Gasteiger partial charge on any atom is -0.445 e. The molecule has 0 saturated carbocycles. The van der Waals surface area contributed by atoms with Gasteiger partial charge in [0.2, 0.25) is 0 Å². The van der Waals surface area contributed by atoms with E-state index in [0.29, 0.717) is 0 Å². The van der Waals surface area contributed by atoms with E-state index in [0.717, 1.165) is 11.8 Å². The Kier molecular flexibility index (Phi) is 7.48.